The highest BCUT2D eigenvalue weighted by atomic mass is 32.2. The second kappa shape index (κ2) is 8.31. The van der Waals surface area contributed by atoms with E-state index in [9.17, 15) is 4.39 Å². The number of hydrogen-bond acceptors (Lipinski definition) is 7. The molecule has 29 heavy (non-hydrogen) atoms. The lowest BCUT2D eigenvalue weighted by atomic mass is 10.3. The summed E-state index contributed by atoms with van der Waals surface area (Å²) in [5.41, 5.74) is 2.14. The van der Waals surface area contributed by atoms with Crippen LogP contribution in [0.25, 0.3) is 11.4 Å². The van der Waals surface area contributed by atoms with E-state index in [1.807, 2.05) is 6.07 Å². The van der Waals surface area contributed by atoms with Crippen LogP contribution in [-0.4, -0.2) is 44.2 Å². The molecular weight excluding hydrogens is 395 g/mol. The highest BCUT2D eigenvalue weighted by Crippen LogP contribution is 2.30. The zero-order valence-electron chi connectivity index (χ0n) is 15.7. The van der Waals surface area contributed by atoms with Gasteiger partial charge in [0.2, 0.25) is 5.16 Å². The summed E-state index contributed by atoms with van der Waals surface area (Å²) in [4.78, 5) is 0. The molecule has 0 bridgehead atoms. The Morgan fingerprint density at radius 3 is 2.76 bits per heavy atom. The van der Waals surface area contributed by atoms with E-state index in [1.54, 1.807) is 60.1 Å². The van der Waals surface area contributed by atoms with Gasteiger partial charge in [-0.1, -0.05) is 17.8 Å². The van der Waals surface area contributed by atoms with E-state index in [0.717, 1.165) is 5.69 Å². The van der Waals surface area contributed by atoms with Crippen LogP contribution in [0.1, 0.15) is 5.69 Å². The molecule has 0 radical (unpaired) electrons. The summed E-state index contributed by atoms with van der Waals surface area (Å²) in [6.07, 6.45) is 1.79. The molecule has 0 amide bonds. The van der Waals surface area contributed by atoms with Gasteiger partial charge in [0, 0.05) is 18.0 Å². The van der Waals surface area contributed by atoms with Crippen LogP contribution in [0.3, 0.4) is 0 Å². The Morgan fingerprint density at radius 1 is 1.07 bits per heavy atom. The minimum atomic E-state index is -0.305. The molecule has 0 saturated carbocycles. The van der Waals surface area contributed by atoms with Gasteiger partial charge in [-0.2, -0.15) is 9.78 Å². The lowest BCUT2D eigenvalue weighted by molar-refractivity contribution is 0.399. The predicted octanol–water partition coefficient (Wildman–Crippen LogP) is 3.30. The molecule has 0 saturated heterocycles. The molecule has 10 heteroatoms. The Labute approximate surface area is 170 Å². The summed E-state index contributed by atoms with van der Waals surface area (Å²) in [5.74, 6) is 1.52. The van der Waals surface area contributed by atoms with E-state index < -0.39 is 0 Å². The van der Waals surface area contributed by atoms with Crippen molar-refractivity contribution in [2.45, 2.75) is 10.9 Å². The van der Waals surface area contributed by atoms with Crippen molar-refractivity contribution in [3.63, 3.8) is 0 Å². The molecule has 2 aromatic heterocycles. The average Bonchev–Trinajstić information content (AvgIpc) is 3.41. The first-order chi connectivity index (χ1) is 14.2. The SMILES string of the molecule is COc1ccc(OC)c(-n2nnnc2SCc2ccn(-c3cccc(F)c3)n2)c1. The Bertz CT molecular complexity index is 1130. The Morgan fingerprint density at radius 2 is 1.97 bits per heavy atom. The lowest BCUT2D eigenvalue weighted by Gasteiger charge is -2.10. The average molecular weight is 412 g/mol. The number of methoxy groups -OCH3 is 2. The Balaban J connectivity index is 1.54. The summed E-state index contributed by atoms with van der Waals surface area (Å²) in [6.45, 7) is 0. The van der Waals surface area contributed by atoms with Crippen LogP contribution in [0, 0.1) is 5.82 Å². The first kappa shape index (κ1) is 18.9. The fourth-order valence-electron chi connectivity index (χ4n) is 2.72. The quantitative estimate of drug-likeness (QED) is 0.431. The van der Waals surface area contributed by atoms with Crippen molar-refractivity contribution in [2.75, 3.05) is 14.2 Å². The third-order valence-electron chi connectivity index (χ3n) is 4.12. The van der Waals surface area contributed by atoms with E-state index in [1.165, 1.54) is 23.9 Å². The van der Waals surface area contributed by atoms with Gasteiger partial charge in [-0.05, 0) is 46.8 Å². The lowest BCUT2D eigenvalue weighted by Crippen LogP contribution is -2.03. The van der Waals surface area contributed by atoms with Gasteiger partial charge in [0.05, 0.1) is 25.6 Å². The fourth-order valence-corrected chi connectivity index (χ4v) is 3.50. The van der Waals surface area contributed by atoms with Crippen LogP contribution in [0.15, 0.2) is 59.9 Å². The standard InChI is InChI=1S/C19H17FN6O2S/c1-27-16-6-7-18(28-2)17(11-16)26-19(21-23-24-26)29-12-14-8-9-25(22-14)15-5-3-4-13(20)10-15/h3-11H,12H2,1-2H3. The zero-order valence-corrected chi connectivity index (χ0v) is 16.5. The number of halogens is 1. The van der Waals surface area contributed by atoms with Crippen LogP contribution in [0.2, 0.25) is 0 Å². The second-order valence-corrected chi connectivity index (χ2v) is 6.87. The minimum Gasteiger partial charge on any atom is -0.497 e. The molecule has 2 aromatic carbocycles. The molecule has 148 valence electrons. The summed E-state index contributed by atoms with van der Waals surface area (Å²) >= 11 is 1.43. The molecule has 0 N–H and O–H groups in total. The fraction of sp³-hybridized carbons (Fsp3) is 0.158. The van der Waals surface area contributed by atoms with Crippen LogP contribution in [0.5, 0.6) is 11.5 Å². The normalized spacial score (nSPS) is 10.9. The van der Waals surface area contributed by atoms with Gasteiger partial charge in [-0.25, -0.2) is 9.07 Å². The van der Waals surface area contributed by atoms with Gasteiger partial charge in [-0.15, -0.1) is 5.10 Å². The van der Waals surface area contributed by atoms with E-state index in [4.69, 9.17) is 9.47 Å². The maximum absolute atomic E-state index is 13.4. The van der Waals surface area contributed by atoms with Crippen molar-refractivity contribution in [1.29, 1.82) is 0 Å². The first-order valence-corrected chi connectivity index (χ1v) is 9.60. The van der Waals surface area contributed by atoms with Gasteiger partial charge < -0.3 is 9.47 Å². The molecule has 0 aliphatic rings. The first-order valence-electron chi connectivity index (χ1n) is 8.62. The summed E-state index contributed by atoms with van der Waals surface area (Å²) in [6, 6.07) is 13.6. The third kappa shape index (κ3) is 4.06. The zero-order chi connectivity index (χ0) is 20.2. The highest BCUT2D eigenvalue weighted by molar-refractivity contribution is 7.98. The van der Waals surface area contributed by atoms with Crippen molar-refractivity contribution in [2.24, 2.45) is 0 Å². The highest BCUT2D eigenvalue weighted by Gasteiger charge is 2.15. The molecule has 0 aliphatic carbocycles. The smallest absolute Gasteiger partial charge is 0.214 e. The third-order valence-corrected chi connectivity index (χ3v) is 5.07. The number of ether oxygens (including phenoxy) is 2. The van der Waals surface area contributed by atoms with Gasteiger partial charge in [0.1, 0.15) is 23.0 Å². The van der Waals surface area contributed by atoms with Crippen molar-refractivity contribution in [3.8, 4) is 22.9 Å². The molecule has 0 unspecified atom stereocenters. The van der Waals surface area contributed by atoms with Crippen molar-refractivity contribution < 1.29 is 13.9 Å². The summed E-state index contributed by atoms with van der Waals surface area (Å²) < 4.78 is 27.4. The topological polar surface area (TPSA) is 79.9 Å². The molecule has 0 aliphatic heterocycles. The number of aromatic nitrogens is 6. The van der Waals surface area contributed by atoms with Gasteiger partial charge in [-0.3, -0.25) is 0 Å². The van der Waals surface area contributed by atoms with Crippen LogP contribution in [-0.2, 0) is 5.75 Å². The number of thioether (sulfide) groups is 1. The molecule has 0 fully saturated rings. The van der Waals surface area contributed by atoms with Gasteiger partial charge in [0.25, 0.3) is 0 Å². The van der Waals surface area contributed by atoms with Crippen molar-refractivity contribution in [3.05, 3.63) is 66.2 Å². The Hall–Kier alpha value is -3.40. The molecule has 4 rings (SSSR count). The Kier molecular flexibility index (Phi) is 5.43. The van der Waals surface area contributed by atoms with Gasteiger partial charge in [0.15, 0.2) is 0 Å². The molecule has 8 nitrogen and oxygen atoms in total. The molecular formula is C19H17FN6O2S. The van der Waals surface area contributed by atoms with E-state index >= 15 is 0 Å². The van der Waals surface area contributed by atoms with Crippen LogP contribution in [0.4, 0.5) is 4.39 Å². The monoisotopic (exact) mass is 412 g/mol. The number of hydrogen-bond donors (Lipinski definition) is 0. The van der Waals surface area contributed by atoms with Gasteiger partial charge >= 0.3 is 0 Å². The molecule has 4 aromatic rings. The van der Waals surface area contributed by atoms with E-state index in [0.29, 0.717) is 33.8 Å². The van der Waals surface area contributed by atoms with E-state index in [2.05, 4.69) is 20.6 Å². The van der Waals surface area contributed by atoms with E-state index in [-0.39, 0.29) is 5.82 Å². The molecule has 2 heterocycles. The maximum atomic E-state index is 13.4. The minimum absolute atomic E-state index is 0.305. The molecule has 0 atom stereocenters. The predicted molar refractivity (Wildman–Crippen MR) is 105 cm³/mol. The number of nitrogens with zero attached hydrogens (tertiary/aromatic N) is 6. The maximum Gasteiger partial charge on any atom is 0.214 e. The number of benzene rings is 2. The number of rotatable bonds is 7. The molecule has 0 spiro atoms. The summed E-state index contributed by atoms with van der Waals surface area (Å²) in [7, 11) is 3.18. The number of tetrazole rings is 1. The van der Waals surface area contributed by atoms with Crippen molar-refractivity contribution in [1.82, 2.24) is 30.0 Å². The van der Waals surface area contributed by atoms with Crippen LogP contribution >= 0.6 is 11.8 Å². The largest absolute Gasteiger partial charge is 0.497 e. The summed E-state index contributed by atoms with van der Waals surface area (Å²) in [5, 5.41) is 17.0. The van der Waals surface area contributed by atoms with Crippen molar-refractivity contribution >= 4 is 11.8 Å². The second-order valence-electron chi connectivity index (χ2n) is 5.93. The van der Waals surface area contributed by atoms with Crippen LogP contribution < -0.4 is 9.47 Å².